The number of amides is 1. The molecule has 1 rings (SSSR count). The van der Waals surface area contributed by atoms with E-state index in [2.05, 4.69) is 11.4 Å². The number of carbonyl (C=O) groups excluding carboxylic acids is 1. The fourth-order valence-corrected chi connectivity index (χ4v) is 1.55. The molecule has 0 saturated heterocycles. The lowest BCUT2D eigenvalue weighted by atomic mass is 10.1. The van der Waals surface area contributed by atoms with Crippen LogP contribution in [0.15, 0.2) is 18.2 Å². The zero-order valence-electron chi connectivity index (χ0n) is 9.50. The summed E-state index contributed by atoms with van der Waals surface area (Å²) >= 11 is 0. The van der Waals surface area contributed by atoms with E-state index in [1.54, 1.807) is 0 Å². The molecule has 0 aliphatic rings. The Hall–Kier alpha value is -1.35. The Labute approximate surface area is 90.7 Å². The molecule has 3 heteroatoms. The van der Waals surface area contributed by atoms with Crippen molar-refractivity contribution in [1.82, 2.24) is 0 Å². The van der Waals surface area contributed by atoms with Crippen LogP contribution in [0.25, 0.3) is 0 Å². The number of nitrogens with one attached hydrogen (secondary N) is 1. The van der Waals surface area contributed by atoms with Gasteiger partial charge >= 0.3 is 0 Å². The summed E-state index contributed by atoms with van der Waals surface area (Å²) in [6.45, 7) is 5.84. The monoisotopic (exact) mass is 206 g/mol. The van der Waals surface area contributed by atoms with Crippen LogP contribution in [-0.2, 0) is 4.79 Å². The van der Waals surface area contributed by atoms with Gasteiger partial charge in [0.05, 0.1) is 0 Å². The van der Waals surface area contributed by atoms with Crippen LogP contribution >= 0.6 is 0 Å². The van der Waals surface area contributed by atoms with Crippen LogP contribution in [0.4, 0.5) is 5.69 Å². The van der Waals surface area contributed by atoms with Crippen molar-refractivity contribution >= 4 is 11.6 Å². The van der Waals surface area contributed by atoms with E-state index in [0.29, 0.717) is 6.42 Å². The highest BCUT2D eigenvalue weighted by molar-refractivity contribution is 5.91. The minimum atomic E-state index is -0.101. The zero-order chi connectivity index (χ0) is 11.4. The molecule has 0 spiro atoms. The molecule has 0 heterocycles. The lowest BCUT2D eigenvalue weighted by Gasteiger charge is -2.08. The zero-order valence-corrected chi connectivity index (χ0v) is 9.50. The van der Waals surface area contributed by atoms with Gasteiger partial charge in [0.15, 0.2) is 0 Å². The molecular weight excluding hydrogens is 188 g/mol. The van der Waals surface area contributed by atoms with Crippen molar-refractivity contribution in [2.75, 3.05) is 5.32 Å². The molecule has 3 nitrogen and oxygen atoms in total. The SMILES string of the molecule is Cc1cc(C)cc(NC(=O)CC(C)N)c1. The van der Waals surface area contributed by atoms with E-state index < -0.39 is 0 Å². The van der Waals surface area contributed by atoms with Gasteiger partial charge < -0.3 is 11.1 Å². The highest BCUT2D eigenvalue weighted by Crippen LogP contribution is 2.13. The molecule has 1 unspecified atom stereocenters. The Bertz CT molecular complexity index is 338. The van der Waals surface area contributed by atoms with Crippen molar-refractivity contribution < 1.29 is 4.79 Å². The number of hydrogen-bond acceptors (Lipinski definition) is 2. The van der Waals surface area contributed by atoms with Crippen molar-refractivity contribution in [3.05, 3.63) is 29.3 Å². The Morgan fingerprint density at radius 1 is 1.33 bits per heavy atom. The van der Waals surface area contributed by atoms with Crippen molar-refractivity contribution in [1.29, 1.82) is 0 Å². The molecule has 1 amide bonds. The first-order valence-electron chi connectivity index (χ1n) is 5.11. The Balaban J connectivity index is 2.68. The normalized spacial score (nSPS) is 12.3. The van der Waals surface area contributed by atoms with Crippen molar-refractivity contribution in [2.45, 2.75) is 33.2 Å². The summed E-state index contributed by atoms with van der Waals surface area (Å²) in [7, 11) is 0. The maximum Gasteiger partial charge on any atom is 0.225 e. The molecule has 0 radical (unpaired) electrons. The van der Waals surface area contributed by atoms with Gasteiger partial charge in [-0.2, -0.15) is 0 Å². The van der Waals surface area contributed by atoms with Crippen LogP contribution in [0, 0.1) is 13.8 Å². The molecule has 1 aromatic carbocycles. The van der Waals surface area contributed by atoms with Gasteiger partial charge in [-0.3, -0.25) is 4.79 Å². The summed E-state index contributed by atoms with van der Waals surface area (Å²) in [5.41, 5.74) is 8.68. The van der Waals surface area contributed by atoms with Crippen LogP contribution in [0.2, 0.25) is 0 Å². The van der Waals surface area contributed by atoms with E-state index in [1.165, 1.54) is 0 Å². The largest absolute Gasteiger partial charge is 0.327 e. The molecule has 0 fully saturated rings. The summed E-state index contributed by atoms with van der Waals surface area (Å²) in [6.07, 6.45) is 0.354. The number of aryl methyl sites for hydroxylation is 2. The standard InChI is InChI=1S/C12H18N2O/c1-8-4-9(2)6-11(5-8)14-12(15)7-10(3)13/h4-6,10H,7,13H2,1-3H3,(H,14,15). The Morgan fingerprint density at radius 3 is 2.33 bits per heavy atom. The molecule has 0 aliphatic carbocycles. The average Bonchev–Trinajstić information content (AvgIpc) is 1.98. The minimum Gasteiger partial charge on any atom is -0.327 e. The van der Waals surface area contributed by atoms with Crippen LogP contribution in [0.5, 0.6) is 0 Å². The smallest absolute Gasteiger partial charge is 0.225 e. The average molecular weight is 206 g/mol. The molecule has 0 aliphatic heterocycles. The van der Waals surface area contributed by atoms with E-state index >= 15 is 0 Å². The highest BCUT2D eigenvalue weighted by atomic mass is 16.1. The van der Waals surface area contributed by atoms with Crippen molar-refractivity contribution in [3.63, 3.8) is 0 Å². The molecular formula is C12H18N2O. The third-order valence-corrected chi connectivity index (χ3v) is 2.01. The summed E-state index contributed by atoms with van der Waals surface area (Å²) in [4.78, 5) is 11.5. The Kier molecular flexibility index (Phi) is 3.86. The van der Waals surface area contributed by atoms with Gasteiger partial charge in [-0.05, 0) is 44.0 Å². The third-order valence-electron chi connectivity index (χ3n) is 2.01. The molecule has 0 bridgehead atoms. The lowest BCUT2D eigenvalue weighted by Crippen LogP contribution is -2.24. The number of anilines is 1. The van der Waals surface area contributed by atoms with Gasteiger partial charge in [-0.25, -0.2) is 0 Å². The van der Waals surface area contributed by atoms with E-state index in [0.717, 1.165) is 16.8 Å². The fraction of sp³-hybridized carbons (Fsp3) is 0.417. The van der Waals surface area contributed by atoms with E-state index in [4.69, 9.17) is 5.73 Å². The van der Waals surface area contributed by atoms with Gasteiger partial charge in [0.2, 0.25) is 5.91 Å². The van der Waals surface area contributed by atoms with Crippen molar-refractivity contribution in [3.8, 4) is 0 Å². The second kappa shape index (κ2) is 4.94. The topological polar surface area (TPSA) is 55.1 Å². The maximum atomic E-state index is 11.5. The van der Waals surface area contributed by atoms with Crippen molar-refractivity contribution in [2.24, 2.45) is 5.73 Å². The first-order valence-corrected chi connectivity index (χ1v) is 5.11. The summed E-state index contributed by atoms with van der Waals surface area (Å²) in [5.74, 6) is -0.0324. The molecule has 1 atom stereocenters. The van der Waals surface area contributed by atoms with Gasteiger partial charge in [-0.15, -0.1) is 0 Å². The van der Waals surface area contributed by atoms with Crippen LogP contribution in [-0.4, -0.2) is 11.9 Å². The summed E-state index contributed by atoms with van der Waals surface area (Å²) in [5, 5.41) is 2.84. The van der Waals surface area contributed by atoms with Crippen LogP contribution < -0.4 is 11.1 Å². The van der Waals surface area contributed by atoms with Gasteiger partial charge in [0, 0.05) is 18.2 Å². The molecule has 0 saturated carbocycles. The van der Waals surface area contributed by atoms with E-state index in [1.807, 2.05) is 32.9 Å². The van der Waals surface area contributed by atoms with Gasteiger partial charge in [-0.1, -0.05) is 6.07 Å². The minimum absolute atomic E-state index is 0.0324. The third kappa shape index (κ3) is 4.13. The van der Waals surface area contributed by atoms with Gasteiger partial charge in [0.25, 0.3) is 0 Å². The number of nitrogens with two attached hydrogens (primary N) is 1. The summed E-state index contributed by atoms with van der Waals surface area (Å²) < 4.78 is 0. The molecule has 1 aromatic rings. The van der Waals surface area contributed by atoms with Gasteiger partial charge in [0.1, 0.15) is 0 Å². The lowest BCUT2D eigenvalue weighted by molar-refractivity contribution is -0.116. The van der Waals surface area contributed by atoms with E-state index in [-0.39, 0.29) is 11.9 Å². The second-order valence-electron chi connectivity index (χ2n) is 4.11. The predicted octanol–water partition coefficient (Wildman–Crippen LogP) is 1.98. The fourth-order valence-electron chi connectivity index (χ4n) is 1.55. The number of rotatable bonds is 3. The second-order valence-corrected chi connectivity index (χ2v) is 4.11. The highest BCUT2D eigenvalue weighted by Gasteiger charge is 2.05. The molecule has 15 heavy (non-hydrogen) atoms. The maximum absolute atomic E-state index is 11.5. The first-order chi connectivity index (χ1) is 6.97. The Morgan fingerprint density at radius 2 is 1.87 bits per heavy atom. The number of hydrogen-bond donors (Lipinski definition) is 2. The quantitative estimate of drug-likeness (QED) is 0.794. The van der Waals surface area contributed by atoms with E-state index in [9.17, 15) is 4.79 Å². The molecule has 3 N–H and O–H groups in total. The first kappa shape index (κ1) is 11.7. The number of carbonyl (C=O) groups is 1. The molecule has 0 aromatic heterocycles. The summed E-state index contributed by atoms with van der Waals surface area (Å²) in [6, 6.07) is 5.87. The molecule has 82 valence electrons. The predicted molar refractivity (Wildman–Crippen MR) is 62.8 cm³/mol. The van der Waals surface area contributed by atoms with Crippen LogP contribution in [0.3, 0.4) is 0 Å². The number of benzene rings is 1. The van der Waals surface area contributed by atoms with Crippen LogP contribution in [0.1, 0.15) is 24.5 Å².